The van der Waals surface area contributed by atoms with Crippen LogP contribution >= 0.6 is 24.0 Å². The summed E-state index contributed by atoms with van der Waals surface area (Å²) < 4.78 is 26.1. The lowest BCUT2D eigenvalue weighted by atomic mass is 9.93. The largest absolute Gasteiger partial charge is 0.493 e. The van der Waals surface area contributed by atoms with Gasteiger partial charge in [0.1, 0.15) is 12.1 Å². The van der Waals surface area contributed by atoms with Crippen LogP contribution < -0.4 is 20.1 Å². The Labute approximate surface area is 222 Å². The van der Waals surface area contributed by atoms with E-state index in [1.54, 1.807) is 19.2 Å². The number of aromatic nitrogens is 2. The third-order valence-corrected chi connectivity index (χ3v) is 7.28. The Morgan fingerprint density at radius 1 is 1.19 bits per heavy atom. The molecule has 3 aromatic rings. The summed E-state index contributed by atoms with van der Waals surface area (Å²) in [6.45, 7) is 6.26. The van der Waals surface area contributed by atoms with Crippen LogP contribution in [0, 0.1) is 17.7 Å². The van der Waals surface area contributed by atoms with Gasteiger partial charge in [-0.3, -0.25) is 0 Å². The number of nitrogens with zero attached hydrogens (tertiary/aromatic N) is 3. The Bertz CT molecular complexity index is 1170. The van der Waals surface area contributed by atoms with Gasteiger partial charge in [-0.15, -0.1) is 12.4 Å². The fourth-order valence-electron chi connectivity index (χ4n) is 5.19. The van der Waals surface area contributed by atoms with Crippen LogP contribution in [-0.4, -0.2) is 61.3 Å². The molecule has 1 aromatic heterocycles. The van der Waals surface area contributed by atoms with E-state index in [0.29, 0.717) is 34.8 Å². The summed E-state index contributed by atoms with van der Waals surface area (Å²) in [7, 11) is 1.61. The van der Waals surface area contributed by atoms with Crippen molar-refractivity contribution in [2.45, 2.75) is 19.3 Å². The summed E-state index contributed by atoms with van der Waals surface area (Å²) >= 11 is 5.93. The van der Waals surface area contributed by atoms with E-state index in [2.05, 4.69) is 25.5 Å². The minimum atomic E-state index is -0.529. The minimum Gasteiger partial charge on any atom is -0.493 e. The van der Waals surface area contributed by atoms with E-state index in [0.717, 1.165) is 37.9 Å². The summed E-state index contributed by atoms with van der Waals surface area (Å²) in [5.41, 5.74) is 0.909. The van der Waals surface area contributed by atoms with Crippen molar-refractivity contribution >= 4 is 46.4 Å². The van der Waals surface area contributed by atoms with Crippen molar-refractivity contribution in [3.05, 3.63) is 47.5 Å². The monoisotopic (exact) mass is 535 g/mol. The van der Waals surface area contributed by atoms with Gasteiger partial charge in [0.25, 0.3) is 0 Å². The molecule has 0 radical (unpaired) electrons. The molecule has 0 amide bonds. The van der Waals surface area contributed by atoms with Gasteiger partial charge in [-0.1, -0.05) is 17.7 Å². The van der Waals surface area contributed by atoms with Crippen LogP contribution in [0.25, 0.3) is 10.9 Å². The Morgan fingerprint density at radius 3 is 2.92 bits per heavy atom. The first kappa shape index (κ1) is 26.7. The van der Waals surface area contributed by atoms with Crippen molar-refractivity contribution in [1.82, 2.24) is 20.2 Å². The van der Waals surface area contributed by atoms with Crippen LogP contribution in [0.5, 0.6) is 11.5 Å². The lowest BCUT2D eigenvalue weighted by Gasteiger charge is -2.17. The smallest absolute Gasteiger partial charge is 0.165 e. The highest BCUT2D eigenvalue weighted by Crippen LogP contribution is 2.36. The van der Waals surface area contributed by atoms with Gasteiger partial charge in [0.15, 0.2) is 17.3 Å². The van der Waals surface area contributed by atoms with E-state index in [9.17, 15) is 4.39 Å². The Kier molecular flexibility index (Phi) is 9.06. The zero-order valence-electron chi connectivity index (χ0n) is 20.3. The van der Waals surface area contributed by atoms with Crippen molar-refractivity contribution in [3.63, 3.8) is 0 Å². The van der Waals surface area contributed by atoms with E-state index >= 15 is 0 Å². The first-order valence-electron chi connectivity index (χ1n) is 12.2. The molecule has 2 saturated heterocycles. The number of hydrogen-bond acceptors (Lipinski definition) is 7. The van der Waals surface area contributed by atoms with Gasteiger partial charge in [0.05, 0.1) is 29.9 Å². The molecule has 2 aliphatic rings. The van der Waals surface area contributed by atoms with Crippen molar-refractivity contribution in [1.29, 1.82) is 0 Å². The standard InChI is InChI=1S/C26H31ClFN5O2.ClH/c1-34-23-12-22-19(26(31-16-30-22)32-21-7-2-6-20(27)25(21)28)11-24(23)35-10-4-9-33-14-17-5-3-8-29-13-18(17)15-33;/h2,6-7,11-12,16-18,29H,3-5,8-10,13-15H2,1H3,(H,30,31,32);1H. The van der Waals surface area contributed by atoms with Crippen molar-refractivity contribution in [3.8, 4) is 11.5 Å². The number of hydrogen-bond donors (Lipinski definition) is 2. The highest BCUT2D eigenvalue weighted by molar-refractivity contribution is 6.31. The first-order chi connectivity index (χ1) is 17.1. The van der Waals surface area contributed by atoms with E-state index in [1.165, 1.54) is 38.3 Å². The summed E-state index contributed by atoms with van der Waals surface area (Å²) in [6, 6.07) is 8.46. The molecule has 0 spiro atoms. The SMILES string of the molecule is COc1cc2ncnc(Nc3cccc(Cl)c3F)c2cc1OCCCN1CC2CCCNCC2C1.Cl. The Balaban J connectivity index is 0.00000304. The second kappa shape index (κ2) is 12.2. The molecule has 2 fully saturated rings. The normalized spacial score (nSPS) is 19.9. The molecule has 2 N–H and O–H groups in total. The van der Waals surface area contributed by atoms with Gasteiger partial charge in [-0.25, -0.2) is 14.4 Å². The van der Waals surface area contributed by atoms with E-state index in [-0.39, 0.29) is 23.1 Å². The number of rotatable bonds is 8. The lowest BCUT2D eigenvalue weighted by Crippen LogP contribution is -2.27. The van der Waals surface area contributed by atoms with Crippen molar-refractivity contribution in [2.24, 2.45) is 11.8 Å². The quantitative estimate of drug-likeness (QED) is 0.379. The topological polar surface area (TPSA) is 71.5 Å². The fraction of sp³-hybridized carbons (Fsp3) is 0.462. The van der Waals surface area contributed by atoms with Gasteiger partial charge in [-0.05, 0) is 62.4 Å². The summed E-state index contributed by atoms with van der Waals surface area (Å²) in [5.74, 6) is 2.74. The number of anilines is 2. The van der Waals surface area contributed by atoms with Gasteiger partial charge >= 0.3 is 0 Å². The number of halogens is 3. The minimum absolute atomic E-state index is 0. The van der Waals surface area contributed by atoms with Gasteiger partial charge in [-0.2, -0.15) is 0 Å². The molecular weight excluding hydrogens is 504 g/mol. The lowest BCUT2D eigenvalue weighted by molar-refractivity contribution is 0.248. The maximum Gasteiger partial charge on any atom is 0.165 e. The molecule has 194 valence electrons. The third kappa shape index (κ3) is 5.94. The second-order valence-electron chi connectivity index (χ2n) is 9.30. The maximum absolute atomic E-state index is 14.4. The number of fused-ring (bicyclic) bond motifs is 2. The van der Waals surface area contributed by atoms with Gasteiger partial charge in [0, 0.05) is 31.1 Å². The molecule has 0 saturated carbocycles. The number of likely N-dealkylation sites (tertiary alicyclic amines) is 1. The molecule has 2 unspecified atom stereocenters. The Morgan fingerprint density at radius 2 is 2.06 bits per heavy atom. The third-order valence-electron chi connectivity index (χ3n) is 6.99. The average Bonchev–Trinajstić information content (AvgIpc) is 3.12. The molecule has 5 rings (SSSR count). The number of methoxy groups -OCH3 is 1. The van der Waals surface area contributed by atoms with E-state index in [1.807, 2.05) is 12.1 Å². The fourth-order valence-corrected chi connectivity index (χ4v) is 5.36. The van der Waals surface area contributed by atoms with E-state index in [4.69, 9.17) is 21.1 Å². The second-order valence-corrected chi connectivity index (χ2v) is 9.70. The summed E-state index contributed by atoms with van der Waals surface area (Å²) in [4.78, 5) is 11.2. The molecular formula is C26H32Cl2FN5O2. The number of benzene rings is 2. The van der Waals surface area contributed by atoms with Gasteiger partial charge in [0.2, 0.25) is 0 Å². The molecule has 36 heavy (non-hydrogen) atoms. The van der Waals surface area contributed by atoms with Crippen molar-refractivity contribution < 1.29 is 13.9 Å². The predicted octanol–water partition coefficient (Wildman–Crippen LogP) is 5.30. The van der Waals surface area contributed by atoms with Crippen LogP contribution in [-0.2, 0) is 0 Å². The maximum atomic E-state index is 14.4. The molecule has 10 heteroatoms. The zero-order valence-corrected chi connectivity index (χ0v) is 21.9. The summed E-state index contributed by atoms with van der Waals surface area (Å²) in [6.07, 6.45) is 4.97. The van der Waals surface area contributed by atoms with E-state index < -0.39 is 5.82 Å². The van der Waals surface area contributed by atoms with Crippen LogP contribution in [0.4, 0.5) is 15.9 Å². The molecule has 2 aliphatic heterocycles. The molecule has 7 nitrogen and oxygen atoms in total. The van der Waals surface area contributed by atoms with Crippen molar-refractivity contribution in [2.75, 3.05) is 51.8 Å². The molecule has 0 aliphatic carbocycles. The Hall–Kier alpha value is -2.39. The van der Waals surface area contributed by atoms with Crippen LogP contribution in [0.2, 0.25) is 5.02 Å². The zero-order chi connectivity index (χ0) is 24.2. The number of ether oxygens (including phenoxy) is 2. The average molecular weight is 536 g/mol. The van der Waals surface area contributed by atoms with Gasteiger partial charge < -0.3 is 25.0 Å². The molecule has 2 atom stereocenters. The van der Waals surface area contributed by atoms with Crippen LogP contribution in [0.1, 0.15) is 19.3 Å². The predicted molar refractivity (Wildman–Crippen MR) is 144 cm³/mol. The number of nitrogens with one attached hydrogen (secondary N) is 2. The molecule has 0 bridgehead atoms. The first-order valence-corrected chi connectivity index (χ1v) is 12.6. The highest BCUT2D eigenvalue weighted by atomic mass is 35.5. The highest BCUT2D eigenvalue weighted by Gasteiger charge is 2.32. The molecule has 2 aromatic carbocycles. The van der Waals surface area contributed by atoms with Crippen LogP contribution in [0.15, 0.2) is 36.7 Å². The summed E-state index contributed by atoms with van der Waals surface area (Å²) in [5, 5.41) is 7.36. The molecule has 3 heterocycles. The van der Waals surface area contributed by atoms with Crippen LogP contribution in [0.3, 0.4) is 0 Å².